The Kier molecular flexibility index (Phi) is 8.51. The first-order valence-electron chi connectivity index (χ1n) is 5.22. The van der Waals surface area contributed by atoms with Crippen molar-refractivity contribution in [3.63, 3.8) is 0 Å². The third kappa shape index (κ3) is 6.92. The normalized spacial score (nSPS) is 26.6. The fourth-order valence-corrected chi connectivity index (χ4v) is 1.70. The zero-order valence-corrected chi connectivity index (χ0v) is 15.3. The van der Waals surface area contributed by atoms with Gasteiger partial charge in [0.15, 0.2) is 9.84 Å². The molecule has 1 unspecified atom stereocenters. The number of aliphatic hydroxyl groups is 2. The SMILES string of the molecule is CS(=O)(=O)CCOC(=O)N[C@@H]1[CH-]O[C@H](CO)C1O.[U]. The van der Waals surface area contributed by atoms with Crippen LogP contribution in [0.25, 0.3) is 0 Å². The van der Waals surface area contributed by atoms with Gasteiger partial charge in [0, 0.05) is 37.4 Å². The van der Waals surface area contributed by atoms with Gasteiger partial charge in [0.25, 0.3) is 0 Å². The maximum atomic E-state index is 11.2. The summed E-state index contributed by atoms with van der Waals surface area (Å²) in [4.78, 5) is 11.2. The van der Waals surface area contributed by atoms with Crippen LogP contribution in [-0.4, -0.2) is 68.2 Å². The Morgan fingerprint density at radius 1 is 1.53 bits per heavy atom. The van der Waals surface area contributed by atoms with Crippen molar-refractivity contribution in [3.8, 4) is 0 Å². The van der Waals surface area contributed by atoms with Gasteiger partial charge < -0.3 is 25.0 Å². The molecule has 0 spiro atoms. The third-order valence-electron chi connectivity index (χ3n) is 2.30. The molecule has 1 amide bonds. The average Bonchev–Trinajstić information content (AvgIpc) is 2.58. The molecule has 1 rings (SSSR count). The number of carbonyl (C=O) groups is 1. The second-order valence-corrected chi connectivity index (χ2v) is 6.18. The molecule has 0 aromatic heterocycles. The van der Waals surface area contributed by atoms with Gasteiger partial charge in [0.05, 0.1) is 24.6 Å². The van der Waals surface area contributed by atoms with E-state index in [0.717, 1.165) is 6.26 Å². The van der Waals surface area contributed by atoms with E-state index in [4.69, 9.17) is 9.84 Å². The van der Waals surface area contributed by atoms with Crippen LogP contribution in [0.3, 0.4) is 0 Å². The number of nitrogens with one attached hydrogen (secondary N) is 1. The molecule has 0 saturated carbocycles. The molecule has 110 valence electrons. The Labute approximate surface area is 135 Å². The van der Waals surface area contributed by atoms with Crippen LogP contribution in [-0.2, 0) is 19.3 Å². The predicted octanol–water partition coefficient (Wildman–Crippen LogP) is -1.96. The first kappa shape index (κ1) is 19.2. The van der Waals surface area contributed by atoms with Crippen LogP contribution in [0.5, 0.6) is 0 Å². The molecule has 1 heterocycles. The van der Waals surface area contributed by atoms with Crippen molar-refractivity contribution in [3.05, 3.63) is 6.61 Å². The molecule has 1 aliphatic rings. The number of alkyl carbamates (subject to hydrolysis) is 1. The molecule has 3 atom stereocenters. The largest absolute Gasteiger partial charge is 0.544 e. The second kappa shape index (κ2) is 8.44. The van der Waals surface area contributed by atoms with Crippen molar-refractivity contribution in [2.75, 3.05) is 25.2 Å². The number of hydrogen-bond donors (Lipinski definition) is 3. The number of hydrogen-bond acceptors (Lipinski definition) is 7. The molecule has 0 aromatic carbocycles. The van der Waals surface area contributed by atoms with E-state index in [-0.39, 0.29) is 50.1 Å². The van der Waals surface area contributed by atoms with Crippen molar-refractivity contribution in [2.45, 2.75) is 18.2 Å². The van der Waals surface area contributed by atoms with E-state index >= 15 is 0 Å². The summed E-state index contributed by atoms with van der Waals surface area (Å²) in [6, 6.07) is -0.798. The number of rotatable bonds is 5. The summed E-state index contributed by atoms with van der Waals surface area (Å²) in [6.45, 7) is 0.542. The van der Waals surface area contributed by atoms with Crippen molar-refractivity contribution >= 4 is 15.9 Å². The average molecular weight is 520 g/mol. The van der Waals surface area contributed by atoms with Gasteiger partial charge in [-0.1, -0.05) is 0 Å². The van der Waals surface area contributed by atoms with E-state index in [1.807, 2.05) is 0 Å². The Morgan fingerprint density at radius 2 is 2.16 bits per heavy atom. The van der Waals surface area contributed by atoms with E-state index in [1.165, 1.54) is 6.61 Å². The molecule has 8 nitrogen and oxygen atoms in total. The predicted molar refractivity (Wildman–Crippen MR) is 60.2 cm³/mol. The number of aliphatic hydroxyl groups excluding tert-OH is 2. The van der Waals surface area contributed by atoms with Crippen LogP contribution >= 0.6 is 0 Å². The molecule has 1 aliphatic heterocycles. The molecule has 3 N–H and O–H groups in total. The molecule has 0 radical (unpaired) electrons. The minimum absolute atomic E-state index is 0. The van der Waals surface area contributed by atoms with E-state index in [9.17, 15) is 18.3 Å². The van der Waals surface area contributed by atoms with Gasteiger partial charge in [0.1, 0.15) is 6.61 Å². The summed E-state index contributed by atoms with van der Waals surface area (Å²) in [5, 5.41) is 20.7. The van der Waals surface area contributed by atoms with Gasteiger partial charge >= 0.3 is 6.09 Å². The molecular formula is C9H16NO7SU-. The summed E-state index contributed by atoms with van der Waals surface area (Å²) >= 11 is 0. The molecule has 1 saturated heterocycles. The van der Waals surface area contributed by atoms with Gasteiger partial charge in [-0.2, -0.15) is 6.61 Å². The summed E-state index contributed by atoms with van der Waals surface area (Å²) in [6.07, 6.45) is -1.69. The monoisotopic (exact) mass is 520 g/mol. The Hall–Kier alpha value is 0.152. The van der Waals surface area contributed by atoms with Gasteiger partial charge in [-0.3, -0.25) is 0 Å². The summed E-state index contributed by atoms with van der Waals surface area (Å²) in [5.74, 6) is -0.271. The second-order valence-electron chi connectivity index (χ2n) is 3.92. The van der Waals surface area contributed by atoms with Crippen LogP contribution in [0.1, 0.15) is 0 Å². The standard InChI is InChI=1S/C9H16NO7S.U/c1-18(14,15)3-2-16-9(13)10-6-5-17-7(4-11)8(6)12;/h5-8,11-12H,2-4H2,1H3,(H,10,13);/q-1;/t6-,7-,8?;/m1./s1. The molecule has 0 bridgehead atoms. The van der Waals surface area contributed by atoms with Crippen molar-refractivity contribution in [1.82, 2.24) is 5.32 Å². The van der Waals surface area contributed by atoms with Gasteiger partial charge in [-0.25, -0.2) is 13.2 Å². The molecule has 0 aliphatic carbocycles. The van der Waals surface area contributed by atoms with Gasteiger partial charge in [-0.05, 0) is 6.04 Å². The van der Waals surface area contributed by atoms with Crippen molar-refractivity contribution in [2.24, 2.45) is 0 Å². The van der Waals surface area contributed by atoms with Crippen LogP contribution in [0.4, 0.5) is 4.79 Å². The van der Waals surface area contributed by atoms with E-state index in [1.54, 1.807) is 0 Å². The molecule has 0 aromatic rings. The zero-order valence-electron chi connectivity index (χ0n) is 10.3. The summed E-state index contributed by atoms with van der Waals surface area (Å²) in [7, 11) is -3.19. The molecular weight excluding hydrogens is 504 g/mol. The molecule has 1 fully saturated rings. The van der Waals surface area contributed by atoms with E-state index in [2.05, 4.69) is 10.1 Å². The van der Waals surface area contributed by atoms with Crippen molar-refractivity contribution < 1.29 is 64.0 Å². The Morgan fingerprint density at radius 3 is 2.63 bits per heavy atom. The van der Waals surface area contributed by atoms with E-state index < -0.39 is 34.2 Å². The zero-order chi connectivity index (χ0) is 13.8. The first-order valence-corrected chi connectivity index (χ1v) is 7.28. The summed E-state index contributed by atoms with van der Waals surface area (Å²) in [5.41, 5.74) is 0. The fourth-order valence-electron chi connectivity index (χ4n) is 1.31. The minimum Gasteiger partial charge on any atom is -0.544 e. The summed E-state index contributed by atoms with van der Waals surface area (Å²) < 4.78 is 31.1. The fraction of sp³-hybridized carbons (Fsp3) is 0.778. The number of ether oxygens (including phenoxy) is 2. The van der Waals surface area contributed by atoms with Crippen LogP contribution in [0.15, 0.2) is 0 Å². The van der Waals surface area contributed by atoms with E-state index in [0.29, 0.717) is 0 Å². The van der Waals surface area contributed by atoms with Gasteiger partial charge in [0.2, 0.25) is 0 Å². The third-order valence-corrected chi connectivity index (χ3v) is 3.21. The quantitative estimate of drug-likeness (QED) is 0.360. The van der Waals surface area contributed by atoms with Crippen LogP contribution < -0.4 is 5.32 Å². The number of carbonyl (C=O) groups excluding carboxylic acids is 1. The smallest absolute Gasteiger partial charge is 0.405 e. The molecule has 10 heteroatoms. The molecule has 19 heavy (non-hydrogen) atoms. The van der Waals surface area contributed by atoms with Gasteiger partial charge in [-0.15, -0.1) is 0 Å². The number of amides is 1. The Balaban J connectivity index is 0.00000324. The minimum atomic E-state index is -3.19. The van der Waals surface area contributed by atoms with Crippen LogP contribution in [0, 0.1) is 37.7 Å². The Bertz CT molecular complexity index is 388. The maximum Gasteiger partial charge on any atom is 0.405 e. The first-order chi connectivity index (χ1) is 8.33. The topological polar surface area (TPSA) is 122 Å². The van der Waals surface area contributed by atoms with Crippen LogP contribution in [0.2, 0.25) is 0 Å². The number of sulfone groups is 1. The maximum absolute atomic E-state index is 11.2. The van der Waals surface area contributed by atoms with Crippen molar-refractivity contribution in [1.29, 1.82) is 0 Å².